The minimum Gasteiger partial charge on any atom is -0.495 e. The van der Waals surface area contributed by atoms with E-state index >= 15 is 0 Å². The number of amides is 1. The number of hydrogen-bond donors (Lipinski definition) is 3. The molecule has 0 saturated carbocycles. The lowest BCUT2D eigenvalue weighted by atomic mass is 10.00. The van der Waals surface area contributed by atoms with Gasteiger partial charge in [-0.2, -0.15) is 5.26 Å². The predicted molar refractivity (Wildman–Crippen MR) is 147 cm³/mol. The lowest BCUT2D eigenvalue weighted by Crippen LogP contribution is -2.42. The van der Waals surface area contributed by atoms with Gasteiger partial charge in [-0.05, 0) is 55.8 Å². The first-order chi connectivity index (χ1) is 19.0. The first kappa shape index (κ1) is 29.9. The molecule has 12 heteroatoms. The number of carbonyl (C=O) groups excluding carboxylic acids is 2. The number of nitrogens with one attached hydrogen (secondary N) is 1. The van der Waals surface area contributed by atoms with Crippen molar-refractivity contribution in [1.29, 1.82) is 5.26 Å². The Hall–Kier alpha value is -4.66. The number of halogens is 1. The number of aliphatic carboxylic acids is 1. The summed E-state index contributed by atoms with van der Waals surface area (Å²) in [6, 6.07) is 11.5. The second-order valence-electron chi connectivity index (χ2n) is 8.77. The number of hydrogen-bond acceptors (Lipinski definition) is 8. The number of nitriles is 1. The van der Waals surface area contributed by atoms with Gasteiger partial charge in [0, 0.05) is 27.9 Å². The van der Waals surface area contributed by atoms with Crippen molar-refractivity contribution in [2.24, 2.45) is 5.73 Å². The molecule has 0 fully saturated rings. The van der Waals surface area contributed by atoms with Crippen molar-refractivity contribution in [2.75, 3.05) is 12.4 Å². The molecule has 0 aliphatic heterocycles. The van der Waals surface area contributed by atoms with Crippen LogP contribution in [-0.2, 0) is 14.3 Å². The van der Waals surface area contributed by atoms with Crippen molar-refractivity contribution in [3.8, 4) is 22.9 Å². The van der Waals surface area contributed by atoms with Crippen LogP contribution in [-0.4, -0.2) is 46.8 Å². The van der Waals surface area contributed by atoms with Crippen molar-refractivity contribution >= 4 is 35.1 Å². The highest BCUT2D eigenvalue weighted by molar-refractivity contribution is 6.31. The molecule has 40 heavy (non-hydrogen) atoms. The fraction of sp³-hybridized carbons (Fsp3) is 0.250. The maximum absolute atomic E-state index is 13.2. The molecule has 11 nitrogen and oxygen atoms in total. The lowest BCUT2D eigenvalue weighted by Gasteiger charge is -2.20. The second kappa shape index (κ2) is 12.9. The zero-order valence-electron chi connectivity index (χ0n) is 21.9. The van der Waals surface area contributed by atoms with Crippen molar-refractivity contribution in [3.63, 3.8) is 0 Å². The molecule has 1 aromatic heterocycles. The predicted octanol–water partition coefficient (Wildman–Crippen LogP) is 3.60. The number of carbonyl (C=O) groups is 3. The summed E-state index contributed by atoms with van der Waals surface area (Å²) in [6.07, 6.45) is 0.623. The molecule has 4 N–H and O–H groups in total. The molecule has 0 aliphatic carbocycles. The number of nitrogens with two attached hydrogens (primary N) is 1. The lowest BCUT2D eigenvalue weighted by molar-refractivity contribution is -0.141. The summed E-state index contributed by atoms with van der Waals surface area (Å²) in [5, 5.41) is 21.5. The van der Waals surface area contributed by atoms with E-state index in [4.69, 9.17) is 31.9 Å². The number of aromatic nitrogens is 1. The molecule has 1 heterocycles. The van der Waals surface area contributed by atoms with E-state index in [0.717, 1.165) is 0 Å². The van der Waals surface area contributed by atoms with E-state index in [1.165, 1.54) is 55.1 Å². The summed E-state index contributed by atoms with van der Waals surface area (Å²) in [4.78, 5) is 49.6. The van der Waals surface area contributed by atoms with Crippen LogP contribution in [0.25, 0.3) is 11.1 Å². The van der Waals surface area contributed by atoms with E-state index in [1.54, 1.807) is 25.1 Å². The van der Waals surface area contributed by atoms with Crippen LogP contribution in [0, 0.1) is 11.3 Å². The summed E-state index contributed by atoms with van der Waals surface area (Å²) in [7, 11) is 1.41. The summed E-state index contributed by atoms with van der Waals surface area (Å²) < 4.78 is 11.8. The number of carboxylic acid groups (broad SMARTS) is 1. The standard InChI is InChI=1S/C28H27ClN4O7/c1-4-22(26(35)32-19-9-6-16(7-10-19)28(38)40-15(2)25(31)27(36)37)33-14-23(39-3)21(12-24(33)34)20-11-18(29)8-5-17(20)13-30/h5-12,14-15,22,25H,4,31H2,1-3H3,(H,32,35)(H,36,37). The monoisotopic (exact) mass is 566 g/mol. The Bertz CT molecular complexity index is 1530. The van der Waals surface area contributed by atoms with Gasteiger partial charge in [-0.1, -0.05) is 18.5 Å². The van der Waals surface area contributed by atoms with Gasteiger partial charge in [-0.25, -0.2) is 4.79 Å². The van der Waals surface area contributed by atoms with E-state index in [9.17, 15) is 24.4 Å². The number of anilines is 1. The molecule has 1 amide bonds. The van der Waals surface area contributed by atoms with E-state index < -0.39 is 41.6 Å². The Labute approximate surface area is 234 Å². The van der Waals surface area contributed by atoms with Crippen LogP contribution in [0.4, 0.5) is 5.69 Å². The quantitative estimate of drug-likeness (QED) is 0.310. The highest BCUT2D eigenvalue weighted by Gasteiger charge is 2.25. The number of rotatable bonds is 10. The van der Waals surface area contributed by atoms with Crippen LogP contribution < -0.4 is 21.3 Å². The number of benzene rings is 2. The van der Waals surface area contributed by atoms with Gasteiger partial charge in [-0.15, -0.1) is 0 Å². The van der Waals surface area contributed by atoms with Gasteiger partial charge in [0.1, 0.15) is 23.9 Å². The molecule has 0 saturated heterocycles. The van der Waals surface area contributed by atoms with Crippen molar-refractivity contribution in [3.05, 3.63) is 81.2 Å². The van der Waals surface area contributed by atoms with Crippen LogP contribution in [0.1, 0.15) is 42.2 Å². The third kappa shape index (κ3) is 6.66. The second-order valence-corrected chi connectivity index (χ2v) is 9.20. The summed E-state index contributed by atoms with van der Waals surface area (Å²) in [6.45, 7) is 3.11. The van der Waals surface area contributed by atoms with Gasteiger partial charge in [0.15, 0.2) is 0 Å². The molecule has 3 aromatic rings. The molecule has 0 aliphatic rings. The number of ether oxygens (including phenoxy) is 2. The molecule has 0 bridgehead atoms. The normalized spacial score (nSPS) is 12.9. The average molecular weight is 567 g/mol. The van der Waals surface area contributed by atoms with Gasteiger partial charge in [0.05, 0.1) is 30.5 Å². The summed E-state index contributed by atoms with van der Waals surface area (Å²) >= 11 is 6.12. The molecule has 0 spiro atoms. The maximum Gasteiger partial charge on any atom is 0.338 e. The van der Waals surface area contributed by atoms with Gasteiger partial charge in [0.25, 0.3) is 5.56 Å². The first-order valence-electron chi connectivity index (χ1n) is 12.1. The van der Waals surface area contributed by atoms with Crippen molar-refractivity contribution in [1.82, 2.24) is 4.57 Å². The molecule has 2 aromatic carbocycles. The number of carboxylic acids is 1. The van der Waals surface area contributed by atoms with Gasteiger partial charge < -0.3 is 25.6 Å². The number of pyridine rings is 1. The number of methoxy groups -OCH3 is 1. The Morgan fingerprint density at radius 1 is 1.15 bits per heavy atom. The molecule has 3 rings (SSSR count). The Morgan fingerprint density at radius 3 is 2.40 bits per heavy atom. The molecule has 208 valence electrons. The smallest absolute Gasteiger partial charge is 0.338 e. The highest BCUT2D eigenvalue weighted by Crippen LogP contribution is 2.33. The summed E-state index contributed by atoms with van der Waals surface area (Å²) in [5.41, 5.74) is 6.54. The molecule has 3 unspecified atom stereocenters. The first-order valence-corrected chi connectivity index (χ1v) is 12.5. The third-order valence-electron chi connectivity index (χ3n) is 6.15. The van der Waals surface area contributed by atoms with Crippen LogP contribution >= 0.6 is 11.6 Å². The Kier molecular flexibility index (Phi) is 9.66. The molecular weight excluding hydrogens is 540 g/mol. The highest BCUT2D eigenvalue weighted by atomic mass is 35.5. The largest absolute Gasteiger partial charge is 0.495 e. The SMILES string of the molecule is CCC(C(=O)Nc1ccc(C(=O)OC(C)C(N)C(=O)O)cc1)n1cc(OC)c(-c2cc(Cl)ccc2C#N)cc1=O. The summed E-state index contributed by atoms with van der Waals surface area (Å²) in [5.74, 6) is -2.29. The Morgan fingerprint density at radius 2 is 1.82 bits per heavy atom. The number of nitrogens with zero attached hydrogens (tertiary/aromatic N) is 2. The minimum atomic E-state index is -1.37. The minimum absolute atomic E-state index is 0.128. The zero-order chi connectivity index (χ0) is 29.6. The van der Waals surface area contributed by atoms with Gasteiger partial charge >= 0.3 is 11.9 Å². The van der Waals surface area contributed by atoms with Crippen LogP contribution in [0.3, 0.4) is 0 Å². The van der Waals surface area contributed by atoms with Gasteiger partial charge in [-0.3, -0.25) is 19.0 Å². The number of esters is 1. The van der Waals surface area contributed by atoms with E-state index in [-0.39, 0.29) is 17.7 Å². The van der Waals surface area contributed by atoms with E-state index in [1.807, 2.05) is 0 Å². The molecule has 0 radical (unpaired) electrons. The molecule has 3 atom stereocenters. The molecular formula is C28H27ClN4O7. The van der Waals surface area contributed by atoms with Crippen molar-refractivity contribution < 1.29 is 29.0 Å². The maximum atomic E-state index is 13.2. The fourth-order valence-corrected chi connectivity index (χ4v) is 4.09. The third-order valence-corrected chi connectivity index (χ3v) is 6.39. The topological polar surface area (TPSA) is 174 Å². The van der Waals surface area contributed by atoms with Crippen LogP contribution in [0.2, 0.25) is 5.02 Å². The fourth-order valence-electron chi connectivity index (χ4n) is 3.92. The Balaban J connectivity index is 1.83. The van der Waals surface area contributed by atoms with Crippen LogP contribution in [0.5, 0.6) is 5.75 Å². The van der Waals surface area contributed by atoms with Crippen molar-refractivity contribution in [2.45, 2.75) is 38.5 Å². The van der Waals surface area contributed by atoms with E-state index in [2.05, 4.69) is 11.4 Å². The average Bonchev–Trinajstić information content (AvgIpc) is 2.93. The van der Waals surface area contributed by atoms with Crippen LogP contribution in [0.15, 0.2) is 59.5 Å². The van der Waals surface area contributed by atoms with E-state index in [0.29, 0.717) is 27.4 Å². The zero-order valence-corrected chi connectivity index (χ0v) is 22.6. The van der Waals surface area contributed by atoms with Gasteiger partial charge in [0.2, 0.25) is 5.91 Å².